The van der Waals surface area contributed by atoms with Crippen LogP contribution in [0.2, 0.25) is 5.02 Å². The molecule has 1 aromatic carbocycles. The average Bonchev–Trinajstić information content (AvgIpc) is 3.32. The van der Waals surface area contributed by atoms with Gasteiger partial charge in [0, 0.05) is 18.0 Å². The molecule has 0 saturated heterocycles. The Hall–Kier alpha value is -1.52. The van der Waals surface area contributed by atoms with E-state index in [1.54, 1.807) is 7.11 Å². The van der Waals surface area contributed by atoms with E-state index in [0.717, 1.165) is 41.5 Å². The van der Waals surface area contributed by atoms with Gasteiger partial charge in [-0.15, -0.1) is 0 Å². The summed E-state index contributed by atoms with van der Waals surface area (Å²) in [7, 11) is 1.66. The van der Waals surface area contributed by atoms with Gasteiger partial charge < -0.3 is 14.6 Å². The van der Waals surface area contributed by atoms with Crippen LogP contribution in [-0.4, -0.2) is 12.3 Å². The van der Waals surface area contributed by atoms with Gasteiger partial charge in [0.05, 0.1) is 24.4 Å². The number of nitrogens with one attached hydrogen (secondary N) is 1. The van der Waals surface area contributed by atoms with Crippen LogP contribution in [0.1, 0.15) is 60.2 Å². The first-order valence-electron chi connectivity index (χ1n) is 8.30. The van der Waals surface area contributed by atoms with Crippen LogP contribution in [0.4, 0.5) is 0 Å². The van der Waals surface area contributed by atoms with Gasteiger partial charge >= 0.3 is 0 Å². The lowest BCUT2D eigenvalue weighted by Gasteiger charge is -2.28. The van der Waals surface area contributed by atoms with Gasteiger partial charge in [0.15, 0.2) is 5.76 Å². The molecule has 1 atom stereocenters. The van der Waals surface area contributed by atoms with Crippen LogP contribution >= 0.6 is 11.6 Å². The minimum atomic E-state index is 0.232. The summed E-state index contributed by atoms with van der Waals surface area (Å²) in [6.07, 6.45) is 5.79. The lowest BCUT2D eigenvalue weighted by Crippen LogP contribution is -2.25. The van der Waals surface area contributed by atoms with E-state index in [2.05, 4.69) is 22.6 Å². The molecule has 2 aromatic rings. The first-order valence-corrected chi connectivity index (χ1v) is 8.68. The summed E-state index contributed by atoms with van der Waals surface area (Å²) in [5.41, 5.74) is 3.60. The number of benzene rings is 1. The fourth-order valence-electron chi connectivity index (χ4n) is 3.42. The van der Waals surface area contributed by atoms with E-state index < -0.39 is 0 Å². The molecular formula is C18H21ClN2O2. The van der Waals surface area contributed by atoms with Gasteiger partial charge in [-0.1, -0.05) is 22.8 Å². The molecule has 122 valence electrons. The molecule has 0 bridgehead atoms. The van der Waals surface area contributed by atoms with Gasteiger partial charge in [0.2, 0.25) is 0 Å². The van der Waals surface area contributed by atoms with Crippen LogP contribution in [0.3, 0.4) is 0 Å². The maximum atomic E-state index is 6.56. The van der Waals surface area contributed by atoms with Crippen molar-refractivity contribution in [1.82, 2.24) is 10.5 Å². The summed E-state index contributed by atoms with van der Waals surface area (Å²) in [6, 6.07) is 6.41. The summed E-state index contributed by atoms with van der Waals surface area (Å²) >= 11 is 6.56. The van der Waals surface area contributed by atoms with Crippen LogP contribution in [0, 0.1) is 0 Å². The number of nitrogens with zero attached hydrogens (tertiary/aromatic N) is 1. The minimum Gasteiger partial charge on any atom is -0.495 e. The zero-order valence-corrected chi connectivity index (χ0v) is 14.0. The van der Waals surface area contributed by atoms with Crippen molar-refractivity contribution in [3.8, 4) is 5.75 Å². The summed E-state index contributed by atoms with van der Waals surface area (Å²) < 4.78 is 10.8. The largest absolute Gasteiger partial charge is 0.495 e. The highest BCUT2D eigenvalue weighted by molar-refractivity contribution is 6.33. The Kier molecular flexibility index (Phi) is 4.04. The molecule has 1 fully saturated rings. The van der Waals surface area contributed by atoms with Gasteiger partial charge in [-0.05, 0) is 49.3 Å². The van der Waals surface area contributed by atoms with E-state index in [9.17, 15) is 0 Å². The predicted octanol–water partition coefficient (Wildman–Crippen LogP) is 4.38. The fraction of sp³-hybridized carbons (Fsp3) is 0.500. The molecule has 1 saturated carbocycles. The number of aromatic nitrogens is 1. The maximum Gasteiger partial charge on any atom is 0.150 e. The molecule has 0 amide bonds. The topological polar surface area (TPSA) is 47.3 Å². The molecular weight excluding hydrogens is 312 g/mol. The van der Waals surface area contributed by atoms with Crippen molar-refractivity contribution in [1.29, 1.82) is 0 Å². The number of ether oxygens (including phenoxy) is 1. The summed E-state index contributed by atoms with van der Waals surface area (Å²) in [5, 5.41) is 8.49. The summed E-state index contributed by atoms with van der Waals surface area (Å²) in [6.45, 7) is 0.678. The second kappa shape index (κ2) is 6.17. The fourth-order valence-corrected chi connectivity index (χ4v) is 3.81. The second-order valence-corrected chi connectivity index (χ2v) is 6.85. The minimum absolute atomic E-state index is 0.232. The van der Waals surface area contributed by atoms with E-state index in [1.165, 1.54) is 24.0 Å². The van der Waals surface area contributed by atoms with Gasteiger partial charge in [-0.25, -0.2) is 0 Å². The van der Waals surface area contributed by atoms with E-state index in [4.69, 9.17) is 20.9 Å². The van der Waals surface area contributed by atoms with Crippen LogP contribution in [0.25, 0.3) is 0 Å². The number of hydrogen-bond acceptors (Lipinski definition) is 4. The van der Waals surface area contributed by atoms with Gasteiger partial charge in [-0.2, -0.15) is 0 Å². The quantitative estimate of drug-likeness (QED) is 0.882. The van der Waals surface area contributed by atoms with Crippen molar-refractivity contribution >= 4 is 11.6 Å². The molecule has 23 heavy (non-hydrogen) atoms. The average molecular weight is 333 g/mol. The van der Waals surface area contributed by atoms with Crippen molar-refractivity contribution in [3.05, 3.63) is 45.8 Å². The maximum absolute atomic E-state index is 6.56. The van der Waals surface area contributed by atoms with Crippen LogP contribution in [0.5, 0.6) is 5.75 Å². The molecule has 1 unspecified atom stereocenters. The lowest BCUT2D eigenvalue weighted by atomic mass is 9.87. The smallest absolute Gasteiger partial charge is 0.150 e. The molecule has 0 aliphatic heterocycles. The standard InChI is InChI=1S/C18H21ClN2O2/c1-22-16-8-7-12-3-2-4-14(17(12)18(16)19)20-10-13-9-15(21-23-13)11-5-6-11/h7-9,11,14,20H,2-6,10H2,1H3. The Morgan fingerprint density at radius 2 is 2.22 bits per heavy atom. The first-order chi connectivity index (χ1) is 11.3. The number of fused-ring (bicyclic) bond motifs is 1. The van der Waals surface area contributed by atoms with E-state index >= 15 is 0 Å². The molecule has 0 radical (unpaired) electrons. The predicted molar refractivity (Wildman–Crippen MR) is 89.0 cm³/mol. The Balaban J connectivity index is 1.51. The van der Waals surface area contributed by atoms with Crippen molar-refractivity contribution in [2.75, 3.05) is 7.11 Å². The first kappa shape index (κ1) is 15.0. The van der Waals surface area contributed by atoms with Crippen LogP contribution in [-0.2, 0) is 13.0 Å². The number of aryl methyl sites for hydroxylation is 1. The number of rotatable bonds is 5. The third kappa shape index (κ3) is 2.98. The molecule has 1 heterocycles. The second-order valence-electron chi connectivity index (χ2n) is 6.47. The molecule has 2 aliphatic carbocycles. The Bertz CT molecular complexity index is 709. The molecule has 0 spiro atoms. The van der Waals surface area contributed by atoms with Gasteiger partial charge in [-0.3, -0.25) is 0 Å². The Morgan fingerprint density at radius 3 is 3.00 bits per heavy atom. The van der Waals surface area contributed by atoms with Crippen molar-refractivity contribution in [2.24, 2.45) is 0 Å². The molecule has 2 aliphatic rings. The molecule has 1 N–H and O–H groups in total. The van der Waals surface area contributed by atoms with Gasteiger partial charge in [0.25, 0.3) is 0 Å². The molecule has 4 rings (SSSR count). The number of methoxy groups -OCH3 is 1. The highest BCUT2D eigenvalue weighted by atomic mass is 35.5. The normalized spacial score (nSPS) is 20.3. The highest BCUT2D eigenvalue weighted by Crippen LogP contribution is 2.41. The van der Waals surface area contributed by atoms with Crippen LogP contribution in [0.15, 0.2) is 22.7 Å². The number of hydrogen-bond donors (Lipinski definition) is 1. The highest BCUT2D eigenvalue weighted by Gasteiger charge is 2.28. The number of halogens is 1. The Labute approximate surface area is 141 Å². The molecule has 5 heteroatoms. The van der Waals surface area contributed by atoms with Gasteiger partial charge in [0.1, 0.15) is 5.75 Å². The monoisotopic (exact) mass is 332 g/mol. The summed E-state index contributed by atoms with van der Waals surface area (Å²) in [5.74, 6) is 2.27. The van der Waals surface area contributed by atoms with E-state index in [0.29, 0.717) is 12.5 Å². The Morgan fingerprint density at radius 1 is 1.35 bits per heavy atom. The van der Waals surface area contributed by atoms with Crippen molar-refractivity contribution in [3.63, 3.8) is 0 Å². The zero-order chi connectivity index (χ0) is 15.8. The third-order valence-corrected chi connectivity index (χ3v) is 5.23. The van der Waals surface area contributed by atoms with E-state index in [1.807, 2.05) is 6.07 Å². The third-order valence-electron chi connectivity index (χ3n) is 4.84. The zero-order valence-electron chi connectivity index (χ0n) is 13.3. The SMILES string of the molecule is COc1ccc2c(c1Cl)C(NCc1cc(C3CC3)no1)CCC2. The van der Waals surface area contributed by atoms with Crippen LogP contribution < -0.4 is 10.1 Å². The lowest BCUT2D eigenvalue weighted by molar-refractivity contribution is 0.351. The summed E-state index contributed by atoms with van der Waals surface area (Å²) in [4.78, 5) is 0. The van der Waals surface area contributed by atoms with Crippen molar-refractivity contribution in [2.45, 2.75) is 50.6 Å². The molecule has 4 nitrogen and oxygen atoms in total. The van der Waals surface area contributed by atoms with E-state index in [-0.39, 0.29) is 6.04 Å². The van der Waals surface area contributed by atoms with Crippen molar-refractivity contribution < 1.29 is 9.26 Å². The molecule has 1 aromatic heterocycles.